The van der Waals surface area contributed by atoms with Crippen molar-refractivity contribution in [3.8, 4) is 0 Å². The Morgan fingerprint density at radius 2 is 1.84 bits per heavy atom. The molecule has 1 aromatic carbocycles. The number of nitrogens with one attached hydrogen (secondary N) is 1. The fourth-order valence-corrected chi connectivity index (χ4v) is 2.29. The smallest absolute Gasteiger partial charge is 0.193 e. The molecule has 0 atom stereocenters. The van der Waals surface area contributed by atoms with E-state index in [0.29, 0.717) is 4.90 Å². The molecule has 0 aliphatic carbocycles. The molecule has 5 nitrogen and oxygen atoms in total. The van der Waals surface area contributed by atoms with Gasteiger partial charge < -0.3 is 10.2 Å². The summed E-state index contributed by atoms with van der Waals surface area (Å²) in [6.07, 6.45) is 2.03. The molecular weight excluding hydrogens is 262 g/mol. The summed E-state index contributed by atoms with van der Waals surface area (Å²) in [4.78, 5) is 6.38. The van der Waals surface area contributed by atoms with Gasteiger partial charge >= 0.3 is 0 Å². The molecule has 0 saturated carbocycles. The minimum absolute atomic E-state index is 0.355. The van der Waals surface area contributed by atoms with Crippen molar-refractivity contribution in [2.75, 3.05) is 33.9 Å². The fourth-order valence-electron chi connectivity index (χ4n) is 1.66. The van der Waals surface area contributed by atoms with Gasteiger partial charge in [-0.1, -0.05) is 12.1 Å². The van der Waals surface area contributed by atoms with Crippen LogP contribution in [0.1, 0.15) is 5.56 Å². The zero-order valence-electron chi connectivity index (χ0n) is 11.8. The van der Waals surface area contributed by atoms with Crippen LogP contribution in [-0.4, -0.2) is 53.2 Å². The number of hydrogen-bond acceptors (Lipinski definition) is 3. The topological polar surface area (TPSA) is 61.8 Å². The second kappa shape index (κ2) is 6.56. The molecule has 0 aromatic heterocycles. The quantitative estimate of drug-likeness (QED) is 0.655. The molecule has 19 heavy (non-hydrogen) atoms. The number of aliphatic imine (C=N–C) groups is 1. The maximum Gasteiger partial charge on any atom is 0.193 e. The highest BCUT2D eigenvalue weighted by Crippen LogP contribution is 2.10. The van der Waals surface area contributed by atoms with Gasteiger partial charge in [0.15, 0.2) is 15.8 Å². The van der Waals surface area contributed by atoms with Crippen molar-refractivity contribution < 1.29 is 8.42 Å². The lowest BCUT2D eigenvalue weighted by Crippen LogP contribution is -2.37. The summed E-state index contributed by atoms with van der Waals surface area (Å²) in [5.41, 5.74) is 1.09. The minimum atomic E-state index is -3.11. The molecule has 6 heteroatoms. The monoisotopic (exact) mass is 283 g/mol. The van der Waals surface area contributed by atoms with E-state index in [9.17, 15) is 8.42 Å². The zero-order valence-corrected chi connectivity index (χ0v) is 12.7. The highest BCUT2D eigenvalue weighted by Gasteiger charge is 2.06. The van der Waals surface area contributed by atoms with E-state index in [4.69, 9.17) is 0 Å². The molecule has 1 aromatic rings. The lowest BCUT2D eigenvalue weighted by molar-refractivity contribution is 0.583. The lowest BCUT2D eigenvalue weighted by atomic mass is 10.1. The van der Waals surface area contributed by atoms with Crippen LogP contribution in [0.2, 0.25) is 0 Å². The van der Waals surface area contributed by atoms with Crippen molar-refractivity contribution in [3.63, 3.8) is 0 Å². The van der Waals surface area contributed by atoms with Crippen molar-refractivity contribution in [2.24, 2.45) is 4.99 Å². The van der Waals surface area contributed by atoms with E-state index in [2.05, 4.69) is 10.3 Å². The molecule has 1 N–H and O–H groups in total. The van der Waals surface area contributed by atoms with E-state index in [1.54, 1.807) is 19.2 Å². The third kappa shape index (κ3) is 4.90. The fraction of sp³-hybridized carbons (Fsp3) is 0.462. The van der Waals surface area contributed by atoms with E-state index < -0.39 is 9.84 Å². The van der Waals surface area contributed by atoms with Crippen LogP contribution in [0.15, 0.2) is 34.2 Å². The molecule has 0 bridgehead atoms. The molecule has 0 saturated heterocycles. The Morgan fingerprint density at radius 3 is 2.26 bits per heavy atom. The van der Waals surface area contributed by atoms with Gasteiger partial charge in [-0.25, -0.2) is 8.42 Å². The highest BCUT2D eigenvalue weighted by molar-refractivity contribution is 7.90. The molecule has 0 spiro atoms. The van der Waals surface area contributed by atoms with Crippen LogP contribution in [0.3, 0.4) is 0 Å². The molecular formula is C13H21N3O2S. The van der Waals surface area contributed by atoms with E-state index in [1.807, 2.05) is 31.1 Å². The first-order valence-corrected chi connectivity index (χ1v) is 7.90. The minimum Gasteiger partial charge on any atom is -0.356 e. The molecule has 0 amide bonds. The number of sulfone groups is 1. The second-order valence-corrected chi connectivity index (χ2v) is 6.55. The van der Waals surface area contributed by atoms with Crippen LogP contribution in [0, 0.1) is 0 Å². The van der Waals surface area contributed by atoms with Crippen molar-refractivity contribution >= 4 is 15.8 Å². The molecule has 106 valence electrons. The maximum atomic E-state index is 11.3. The normalized spacial score (nSPS) is 12.3. The summed E-state index contributed by atoms with van der Waals surface area (Å²) < 4.78 is 22.7. The molecule has 1 rings (SSSR count). The number of nitrogens with zero attached hydrogens (tertiary/aromatic N) is 2. The van der Waals surface area contributed by atoms with E-state index in [-0.39, 0.29) is 0 Å². The van der Waals surface area contributed by atoms with Crippen LogP contribution in [-0.2, 0) is 16.3 Å². The van der Waals surface area contributed by atoms with Gasteiger partial charge in [-0.3, -0.25) is 4.99 Å². The lowest BCUT2D eigenvalue weighted by Gasteiger charge is -2.16. The van der Waals surface area contributed by atoms with E-state index in [1.165, 1.54) is 6.26 Å². The summed E-state index contributed by atoms with van der Waals surface area (Å²) in [6, 6.07) is 6.98. The van der Waals surface area contributed by atoms with Gasteiger partial charge in [-0.15, -0.1) is 0 Å². The first kappa shape index (κ1) is 15.5. The van der Waals surface area contributed by atoms with E-state index in [0.717, 1.165) is 24.5 Å². The second-order valence-electron chi connectivity index (χ2n) is 4.53. The zero-order chi connectivity index (χ0) is 14.5. The van der Waals surface area contributed by atoms with Crippen molar-refractivity contribution in [3.05, 3.63) is 29.8 Å². The van der Waals surface area contributed by atoms with Gasteiger partial charge in [0.1, 0.15) is 0 Å². The Morgan fingerprint density at radius 1 is 1.26 bits per heavy atom. The van der Waals surface area contributed by atoms with Crippen LogP contribution >= 0.6 is 0 Å². The standard InChI is InChI=1S/C13H21N3O2S/c1-14-13(16(2)3)15-10-9-11-5-7-12(8-6-11)19(4,17)18/h5-8H,9-10H2,1-4H3,(H,14,15). The van der Waals surface area contributed by atoms with Gasteiger partial charge in [-0.05, 0) is 24.1 Å². The van der Waals surface area contributed by atoms with Gasteiger partial charge in [0, 0.05) is 33.9 Å². The number of benzene rings is 1. The Kier molecular flexibility index (Phi) is 5.35. The Bertz CT molecular complexity index is 534. The third-order valence-corrected chi connectivity index (χ3v) is 3.81. The van der Waals surface area contributed by atoms with Crippen molar-refractivity contribution in [1.82, 2.24) is 10.2 Å². The Hall–Kier alpha value is -1.56. The molecule has 0 aliphatic heterocycles. The summed E-state index contributed by atoms with van der Waals surface area (Å²) in [5.74, 6) is 0.827. The first-order chi connectivity index (χ1) is 8.84. The molecule has 0 radical (unpaired) electrons. The summed E-state index contributed by atoms with van der Waals surface area (Å²) in [5, 5.41) is 3.22. The Labute approximate surface area is 115 Å². The van der Waals surface area contributed by atoms with Crippen molar-refractivity contribution in [2.45, 2.75) is 11.3 Å². The largest absolute Gasteiger partial charge is 0.356 e. The number of rotatable bonds is 4. The highest BCUT2D eigenvalue weighted by atomic mass is 32.2. The van der Waals surface area contributed by atoms with Crippen LogP contribution in [0.4, 0.5) is 0 Å². The van der Waals surface area contributed by atoms with Gasteiger partial charge in [0.2, 0.25) is 0 Å². The van der Waals surface area contributed by atoms with Crippen LogP contribution in [0.25, 0.3) is 0 Å². The van der Waals surface area contributed by atoms with Gasteiger partial charge in [0.05, 0.1) is 4.90 Å². The molecule has 0 heterocycles. The molecule has 0 fully saturated rings. The van der Waals surface area contributed by atoms with E-state index >= 15 is 0 Å². The SMILES string of the molecule is CN=C(NCCc1ccc(S(C)(=O)=O)cc1)N(C)C. The maximum absolute atomic E-state index is 11.3. The Balaban J connectivity index is 2.56. The average Bonchev–Trinajstić information content (AvgIpc) is 2.33. The van der Waals surface area contributed by atoms with Gasteiger partial charge in [0.25, 0.3) is 0 Å². The molecule has 0 unspecified atom stereocenters. The molecule has 0 aliphatic rings. The van der Waals surface area contributed by atoms with Crippen LogP contribution in [0.5, 0.6) is 0 Å². The summed E-state index contributed by atoms with van der Waals surface area (Å²) >= 11 is 0. The predicted molar refractivity (Wildman–Crippen MR) is 78.3 cm³/mol. The number of guanidine groups is 1. The van der Waals surface area contributed by atoms with Crippen molar-refractivity contribution in [1.29, 1.82) is 0 Å². The van der Waals surface area contributed by atoms with Gasteiger partial charge in [-0.2, -0.15) is 0 Å². The number of hydrogen-bond donors (Lipinski definition) is 1. The average molecular weight is 283 g/mol. The third-order valence-electron chi connectivity index (χ3n) is 2.68. The summed E-state index contributed by atoms with van der Waals surface area (Å²) in [7, 11) is 2.48. The van der Waals surface area contributed by atoms with Crippen LogP contribution < -0.4 is 5.32 Å². The first-order valence-electron chi connectivity index (χ1n) is 6.01. The predicted octanol–water partition coefficient (Wildman–Crippen LogP) is 0.770. The summed E-state index contributed by atoms with van der Waals surface area (Å²) in [6.45, 7) is 0.753.